The fraction of sp³-hybridized carbons (Fsp3) is 0.571. The summed E-state index contributed by atoms with van der Waals surface area (Å²) in [5.74, 6) is 0.331. The van der Waals surface area contributed by atoms with Gasteiger partial charge in [0.25, 0.3) is 0 Å². The van der Waals surface area contributed by atoms with E-state index < -0.39 is 12.8 Å². The molecule has 0 spiro atoms. The number of ether oxygens (including phenoxy) is 1. The summed E-state index contributed by atoms with van der Waals surface area (Å²) in [4.78, 5) is 17.5. The third kappa shape index (κ3) is 5.09. The van der Waals surface area contributed by atoms with Gasteiger partial charge in [0.2, 0.25) is 5.88 Å². The van der Waals surface area contributed by atoms with E-state index in [9.17, 15) is 18.0 Å². The van der Waals surface area contributed by atoms with Crippen LogP contribution in [0, 0.1) is 5.92 Å². The Labute approximate surface area is 126 Å². The van der Waals surface area contributed by atoms with Crippen molar-refractivity contribution in [3.8, 4) is 5.88 Å². The highest BCUT2D eigenvalue weighted by atomic mass is 19.4. The third-order valence-electron chi connectivity index (χ3n) is 3.32. The number of halogens is 3. The van der Waals surface area contributed by atoms with Crippen molar-refractivity contribution < 1.29 is 22.7 Å². The molecule has 8 heteroatoms. The zero-order valence-corrected chi connectivity index (χ0v) is 12.2. The molecule has 2 heterocycles. The third-order valence-corrected chi connectivity index (χ3v) is 3.32. The first kappa shape index (κ1) is 16.4. The fourth-order valence-electron chi connectivity index (χ4n) is 2.27. The van der Waals surface area contributed by atoms with E-state index in [2.05, 4.69) is 22.0 Å². The number of carbonyl (C=O) groups is 1. The molecule has 0 aromatic carbocycles. The van der Waals surface area contributed by atoms with Crippen molar-refractivity contribution in [3.05, 3.63) is 18.3 Å². The van der Waals surface area contributed by atoms with Crippen LogP contribution >= 0.6 is 0 Å². The van der Waals surface area contributed by atoms with Crippen LogP contribution in [-0.2, 0) is 0 Å². The smallest absolute Gasteiger partial charge is 0.422 e. The van der Waals surface area contributed by atoms with Gasteiger partial charge in [-0.05, 0) is 24.8 Å². The molecule has 1 unspecified atom stereocenters. The summed E-state index contributed by atoms with van der Waals surface area (Å²) < 4.78 is 40.5. The maximum absolute atomic E-state index is 12.1. The van der Waals surface area contributed by atoms with E-state index in [1.165, 1.54) is 18.3 Å². The molecule has 1 aliphatic heterocycles. The lowest BCUT2D eigenvalue weighted by Crippen LogP contribution is -2.41. The van der Waals surface area contributed by atoms with Crippen LogP contribution in [0.5, 0.6) is 5.88 Å². The zero-order valence-electron chi connectivity index (χ0n) is 12.2. The second kappa shape index (κ2) is 6.85. The van der Waals surface area contributed by atoms with Gasteiger partial charge in [-0.15, -0.1) is 0 Å². The van der Waals surface area contributed by atoms with Gasteiger partial charge in [0.05, 0.1) is 11.9 Å². The van der Waals surface area contributed by atoms with Gasteiger partial charge in [-0.25, -0.2) is 9.78 Å². The van der Waals surface area contributed by atoms with E-state index in [-0.39, 0.29) is 11.9 Å². The number of rotatable bonds is 3. The van der Waals surface area contributed by atoms with Crippen molar-refractivity contribution in [3.63, 3.8) is 0 Å². The first-order chi connectivity index (χ1) is 10.3. The van der Waals surface area contributed by atoms with Crippen LogP contribution < -0.4 is 10.1 Å². The normalized spacial score (nSPS) is 18.9. The molecule has 122 valence electrons. The molecule has 5 nitrogen and oxygen atoms in total. The molecule has 1 aromatic rings. The Hall–Kier alpha value is -1.99. The zero-order chi connectivity index (χ0) is 16.2. The molecule has 22 heavy (non-hydrogen) atoms. The SMILES string of the molecule is CC1CCCN(C(=O)Nc2ccc(OCC(F)(F)F)nc2)C1. The van der Waals surface area contributed by atoms with Gasteiger partial charge < -0.3 is 15.0 Å². The van der Waals surface area contributed by atoms with Gasteiger partial charge in [0, 0.05) is 19.2 Å². The lowest BCUT2D eigenvalue weighted by molar-refractivity contribution is -0.154. The van der Waals surface area contributed by atoms with Crippen LogP contribution in [0.4, 0.5) is 23.7 Å². The number of anilines is 1. The Kier molecular flexibility index (Phi) is 5.10. The Bertz CT molecular complexity index is 505. The van der Waals surface area contributed by atoms with Crippen LogP contribution in [0.15, 0.2) is 18.3 Å². The molecule has 0 radical (unpaired) electrons. The van der Waals surface area contributed by atoms with Gasteiger partial charge in [-0.2, -0.15) is 13.2 Å². The highest BCUT2D eigenvalue weighted by molar-refractivity contribution is 5.89. The predicted octanol–water partition coefficient (Wildman–Crippen LogP) is 3.29. The first-order valence-electron chi connectivity index (χ1n) is 7.05. The van der Waals surface area contributed by atoms with Crippen LogP contribution in [0.3, 0.4) is 0 Å². The predicted molar refractivity (Wildman–Crippen MR) is 74.8 cm³/mol. The number of likely N-dealkylation sites (tertiary alicyclic amines) is 1. The molecule has 1 atom stereocenters. The van der Waals surface area contributed by atoms with Gasteiger partial charge >= 0.3 is 12.2 Å². The molecule has 1 saturated heterocycles. The number of pyridine rings is 1. The maximum atomic E-state index is 12.1. The summed E-state index contributed by atoms with van der Waals surface area (Å²) in [6.45, 7) is 2.10. The Morgan fingerprint density at radius 1 is 1.50 bits per heavy atom. The van der Waals surface area contributed by atoms with Crippen LogP contribution in [0.1, 0.15) is 19.8 Å². The summed E-state index contributed by atoms with van der Waals surface area (Å²) in [7, 11) is 0. The Morgan fingerprint density at radius 2 is 2.27 bits per heavy atom. The monoisotopic (exact) mass is 317 g/mol. The van der Waals surface area contributed by atoms with Crippen LogP contribution in [0.2, 0.25) is 0 Å². The summed E-state index contributed by atoms with van der Waals surface area (Å²) >= 11 is 0. The molecule has 1 fully saturated rings. The number of hydrogen-bond donors (Lipinski definition) is 1. The number of nitrogens with one attached hydrogen (secondary N) is 1. The highest BCUT2D eigenvalue weighted by Gasteiger charge is 2.28. The fourth-order valence-corrected chi connectivity index (χ4v) is 2.27. The molecule has 2 rings (SSSR count). The minimum Gasteiger partial charge on any atom is -0.468 e. The molecule has 0 saturated carbocycles. The summed E-state index contributed by atoms with van der Waals surface area (Å²) in [6, 6.07) is 2.53. The van der Waals surface area contributed by atoms with Gasteiger partial charge in [0.1, 0.15) is 0 Å². The van der Waals surface area contributed by atoms with E-state index in [0.29, 0.717) is 24.7 Å². The van der Waals surface area contributed by atoms with Gasteiger partial charge in [0.15, 0.2) is 6.61 Å². The van der Waals surface area contributed by atoms with Crippen molar-refractivity contribution in [1.82, 2.24) is 9.88 Å². The molecule has 1 N–H and O–H groups in total. The van der Waals surface area contributed by atoms with Crippen LogP contribution in [-0.4, -0.2) is 41.8 Å². The standard InChI is InChI=1S/C14H18F3N3O2/c1-10-3-2-6-20(8-10)13(21)19-11-4-5-12(18-7-11)22-9-14(15,16)17/h4-5,7,10H,2-3,6,8-9H2,1H3,(H,19,21). The number of nitrogens with zero attached hydrogens (tertiary/aromatic N) is 2. The van der Waals surface area contributed by atoms with Crippen molar-refractivity contribution in [2.24, 2.45) is 5.92 Å². The quantitative estimate of drug-likeness (QED) is 0.931. The minimum atomic E-state index is -4.40. The van der Waals surface area contributed by atoms with E-state index in [1.54, 1.807) is 4.90 Å². The van der Waals surface area contributed by atoms with E-state index in [4.69, 9.17) is 0 Å². The highest BCUT2D eigenvalue weighted by Crippen LogP contribution is 2.19. The van der Waals surface area contributed by atoms with E-state index in [1.807, 2.05) is 0 Å². The average Bonchev–Trinajstić information content (AvgIpc) is 2.46. The topological polar surface area (TPSA) is 54.5 Å². The van der Waals surface area contributed by atoms with Crippen LogP contribution in [0.25, 0.3) is 0 Å². The molecule has 1 aromatic heterocycles. The number of urea groups is 1. The molecule has 0 aliphatic carbocycles. The molecular weight excluding hydrogens is 299 g/mol. The van der Waals surface area contributed by atoms with E-state index in [0.717, 1.165) is 12.8 Å². The Balaban J connectivity index is 1.86. The largest absolute Gasteiger partial charge is 0.468 e. The second-order valence-corrected chi connectivity index (χ2v) is 5.41. The number of piperidine rings is 1. The molecule has 1 aliphatic rings. The lowest BCUT2D eigenvalue weighted by Gasteiger charge is -2.30. The Morgan fingerprint density at radius 3 is 2.86 bits per heavy atom. The summed E-state index contributed by atoms with van der Waals surface area (Å²) in [6.07, 6.45) is -1.05. The van der Waals surface area contributed by atoms with E-state index >= 15 is 0 Å². The minimum absolute atomic E-state index is 0.137. The summed E-state index contributed by atoms with van der Waals surface area (Å²) in [5, 5.41) is 2.68. The van der Waals surface area contributed by atoms with Crippen molar-refractivity contribution in [2.45, 2.75) is 25.9 Å². The number of carbonyl (C=O) groups excluding carboxylic acids is 1. The van der Waals surface area contributed by atoms with Crippen molar-refractivity contribution >= 4 is 11.7 Å². The van der Waals surface area contributed by atoms with Crippen molar-refractivity contribution in [2.75, 3.05) is 25.0 Å². The molecular formula is C14H18F3N3O2. The average molecular weight is 317 g/mol. The van der Waals surface area contributed by atoms with Gasteiger partial charge in [-0.3, -0.25) is 0 Å². The molecule has 0 bridgehead atoms. The number of aromatic nitrogens is 1. The van der Waals surface area contributed by atoms with Gasteiger partial charge in [-0.1, -0.05) is 6.92 Å². The number of alkyl halides is 3. The lowest BCUT2D eigenvalue weighted by atomic mass is 10.0. The van der Waals surface area contributed by atoms with Crippen molar-refractivity contribution in [1.29, 1.82) is 0 Å². The molecule has 2 amide bonds. The first-order valence-corrected chi connectivity index (χ1v) is 7.05. The maximum Gasteiger partial charge on any atom is 0.422 e. The number of hydrogen-bond acceptors (Lipinski definition) is 3. The summed E-state index contributed by atoms with van der Waals surface area (Å²) in [5.41, 5.74) is 0.419. The number of amides is 2. The second-order valence-electron chi connectivity index (χ2n) is 5.41.